The van der Waals surface area contributed by atoms with Crippen molar-refractivity contribution in [3.63, 3.8) is 0 Å². The standard InChI is InChI=1S/C25H28F2N6O3/c1-14(2)8-21(34)32(5)16-6-7-20-19(11-16)29-23(33(20)13-25(3,4)36)31-24(35)30-22-17(26)9-15(12-28)10-18(22)27/h6-7,9-11,14,36H,8,13H2,1-5H3,(H2,29,30,31,35). The van der Waals surface area contributed by atoms with E-state index in [1.807, 2.05) is 13.8 Å². The Morgan fingerprint density at radius 3 is 2.39 bits per heavy atom. The summed E-state index contributed by atoms with van der Waals surface area (Å²) >= 11 is 0. The normalized spacial score (nSPS) is 11.4. The Kier molecular flexibility index (Phi) is 7.59. The molecule has 0 aliphatic heterocycles. The molecule has 2 aromatic carbocycles. The van der Waals surface area contributed by atoms with Crippen molar-refractivity contribution in [3.8, 4) is 6.07 Å². The Morgan fingerprint density at radius 2 is 1.83 bits per heavy atom. The number of halogens is 2. The summed E-state index contributed by atoms with van der Waals surface area (Å²) in [6, 6.07) is 7.39. The van der Waals surface area contributed by atoms with Crippen molar-refractivity contribution in [1.82, 2.24) is 9.55 Å². The molecule has 0 saturated heterocycles. The van der Waals surface area contributed by atoms with Gasteiger partial charge in [0.1, 0.15) is 5.69 Å². The van der Waals surface area contributed by atoms with Gasteiger partial charge in [-0.15, -0.1) is 0 Å². The number of fused-ring (bicyclic) bond motifs is 1. The van der Waals surface area contributed by atoms with Gasteiger partial charge < -0.3 is 19.9 Å². The molecule has 3 rings (SSSR count). The number of aromatic nitrogens is 2. The lowest BCUT2D eigenvalue weighted by Gasteiger charge is -2.21. The van der Waals surface area contributed by atoms with E-state index in [2.05, 4.69) is 15.6 Å². The number of anilines is 3. The average molecular weight is 499 g/mol. The van der Waals surface area contributed by atoms with Crippen molar-refractivity contribution >= 4 is 40.3 Å². The van der Waals surface area contributed by atoms with E-state index >= 15 is 0 Å². The second-order valence-electron chi connectivity index (χ2n) is 9.56. The summed E-state index contributed by atoms with van der Waals surface area (Å²) < 4.78 is 30.0. The summed E-state index contributed by atoms with van der Waals surface area (Å²) in [7, 11) is 1.66. The molecule has 36 heavy (non-hydrogen) atoms. The maximum absolute atomic E-state index is 14.2. The molecule has 0 bridgehead atoms. The van der Waals surface area contributed by atoms with Gasteiger partial charge in [0.15, 0.2) is 11.6 Å². The minimum atomic E-state index is -1.19. The molecule has 0 spiro atoms. The monoisotopic (exact) mass is 498 g/mol. The van der Waals surface area contributed by atoms with Crippen LogP contribution >= 0.6 is 0 Å². The van der Waals surface area contributed by atoms with Gasteiger partial charge in [-0.1, -0.05) is 13.8 Å². The van der Waals surface area contributed by atoms with E-state index in [0.29, 0.717) is 23.1 Å². The zero-order valence-corrected chi connectivity index (χ0v) is 20.7. The zero-order chi connectivity index (χ0) is 26.8. The lowest BCUT2D eigenvalue weighted by Crippen LogP contribution is -2.29. The fourth-order valence-corrected chi connectivity index (χ4v) is 3.60. The SMILES string of the molecule is CC(C)CC(=O)N(C)c1ccc2c(c1)nc(NC(=O)Nc1c(F)cc(C#N)cc1F)n2CC(C)(C)O. The van der Waals surface area contributed by atoms with Gasteiger partial charge in [-0.2, -0.15) is 5.26 Å². The number of nitriles is 1. The Morgan fingerprint density at radius 1 is 1.19 bits per heavy atom. The first kappa shape index (κ1) is 26.6. The van der Waals surface area contributed by atoms with E-state index in [-0.39, 0.29) is 29.9 Å². The number of hydrogen-bond acceptors (Lipinski definition) is 5. The van der Waals surface area contributed by atoms with Crippen molar-refractivity contribution in [2.45, 2.75) is 46.3 Å². The fraction of sp³-hybridized carbons (Fsp3) is 0.360. The predicted molar refractivity (Wildman–Crippen MR) is 133 cm³/mol. The quantitative estimate of drug-likeness (QED) is 0.439. The minimum Gasteiger partial charge on any atom is -0.389 e. The van der Waals surface area contributed by atoms with E-state index < -0.39 is 29.0 Å². The van der Waals surface area contributed by atoms with E-state index in [4.69, 9.17) is 5.26 Å². The Balaban J connectivity index is 1.95. The number of hydrogen-bond donors (Lipinski definition) is 3. The summed E-state index contributed by atoms with van der Waals surface area (Å²) in [5.74, 6) is -2.07. The molecule has 0 aliphatic carbocycles. The molecule has 0 unspecified atom stereocenters. The van der Waals surface area contributed by atoms with Crippen molar-refractivity contribution in [3.05, 3.63) is 47.5 Å². The summed E-state index contributed by atoms with van der Waals surface area (Å²) in [5, 5.41) is 23.8. The Bertz CT molecular complexity index is 1330. The van der Waals surface area contributed by atoms with Gasteiger partial charge >= 0.3 is 6.03 Å². The molecule has 190 valence electrons. The second-order valence-corrected chi connectivity index (χ2v) is 9.56. The van der Waals surface area contributed by atoms with Crippen molar-refractivity contribution in [2.75, 3.05) is 22.6 Å². The van der Waals surface area contributed by atoms with Crippen LogP contribution in [0.4, 0.5) is 30.9 Å². The minimum absolute atomic E-state index is 0.0207. The van der Waals surface area contributed by atoms with Gasteiger partial charge in [0.2, 0.25) is 11.9 Å². The van der Waals surface area contributed by atoms with Crippen LogP contribution in [0.1, 0.15) is 39.7 Å². The van der Waals surface area contributed by atoms with Crippen LogP contribution < -0.4 is 15.5 Å². The van der Waals surface area contributed by atoms with Gasteiger partial charge in [-0.3, -0.25) is 10.1 Å². The maximum atomic E-state index is 14.2. The third-order valence-electron chi connectivity index (χ3n) is 5.26. The first-order valence-corrected chi connectivity index (χ1v) is 11.3. The van der Waals surface area contributed by atoms with E-state index in [9.17, 15) is 23.5 Å². The average Bonchev–Trinajstić information content (AvgIpc) is 3.09. The molecule has 0 atom stereocenters. The molecule has 11 heteroatoms. The highest BCUT2D eigenvalue weighted by Gasteiger charge is 2.22. The molecule has 0 aliphatic rings. The van der Waals surface area contributed by atoms with Gasteiger partial charge in [0.05, 0.1) is 34.8 Å². The number of benzene rings is 2. The number of amides is 3. The van der Waals surface area contributed by atoms with Crippen molar-refractivity contribution in [1.29, 1.82) is 5.26 Å². The summed E-state index contributed by atoms with van der Waals surface area (Å²) in [6.45, 7) is 7.10. The number of imidazole rings is 1. The van der Waals surface area contributed by atoms with Crippen LogP contribution in [0.2, 0.25) is 0 Å². The van der Waals surface area contributed by atoms with Crippen LogP contribution in [-0.2, 0) is 11.3 Å². The van der Waals surface area contributed by atoms with E-state index in [1.165, 1.54) is 4.90 Å². The van der Waals surface area contributed by atoms with Gasteiger partial charge in [-0.25, -0.2) is 18.6 Å². The summed E-state index contributed by atoms with van der Waals surface area (Å²) in [4.78, 5) is 31.0. The molecule has 3 aromatic rings. The van der Waals surface area contributed by atoms with E-state index in [1.54, 1.807) is 49.7 Å². The van der Waals surface area contributed by atoms with Crippen LogP contribution in [0, 0.1) is 28.9 Å². The van der Waals surface area contributed by atoms with E-state index in [0.717, 1.165) is 12.1 Å². The number of nitrogens with zero attached hydrogens (tertiary/aromatic N) is 4. The number of nitrogens with one attached hydrogen (secondary N) is 2. The molecule has 1 heterocycles. The number of urea groups is 1. The molecule has 3 N–H and O–H groups in total. The lowest BCUT2D eigenvalue weighted by molar-refractivity contribution is -0.119. The topological polar surface area (TPSA) is 123 Å². The zero-order valence-electron chi connectivity index (χ0n) is 20.7. The molecule has 0 fully saturated rings. The maximum Gasteiger partial charge on any atom is 0.326 e. The third kappa shape index (κ3) is 6.14. The summed E-state index contributed by atoms with van der Waals surface area (Å²) in [5.41, 5.74) is -0.531. The number of aliphatic hydroxyl groups is 1. The lowest BCUT2D eigenvalue weighted by atomic mass is 10.1. The van der Waals surface area contributed by atoms with Crippen LogP contribution in [0.5, 0.6) is 0 Å². The number of rotatable bonds is 7. The van der Waals surface area contributed by atoms with Crippen molar-refractivity contribution < 1.29 is 23.5 Å². The molecule has 0 saturated carbocycles. The molecule has 1 aromatic heterocycles. The van der Waals surface area contributed by atoms with Gasteiger partial charge in [0.25, 0.3) is 0 Å². The largest absolute Gasteiger partial charge is 0.389 e. The molecular weight excluding hydrogens is 470 g/mol. The second kappa shape index (κ2) is 10.3. The predicted octanol–water partition coefficient (Wildman–Crippen LogP) is 4.61. The Labute approximate surface area is 207 Å². The van der Waals surface area contributed by atoms with Gasteiger partial charge in [0, 0.05) is 19.2 Å². The van der Waals surface area contributed by atoms with Crippen LogP contribution in [0.3, 0.4) is 0 Å². The highest BCUT2D eigenvalue weighted by Crippen LogP contribution is 2.28. The van der Waals surface area contributed by atoms with Crippen LogP contribution in [-0.4, -0.2) is 39.2 Å². The van der Waals surface area contributed by atoms with Crippen molar-refractivity contribution in [2.24, 2.45) is 5.92 Å². The smallest absolute Gasteiger partial charge is 0.326 e. The van der Waals surface area contributed by atoms with Gasteiger partial charge in [-0.05, 0) is 50.1 Å². The van der Waals surface area contributed by atoms with Crippen LogP contribution in [0.15, 0.2) is 30.3 Å². The Hall–Kier alpha value is -4.04. The molecule has 3 amide bonds. The molecular formula is C25H28F2N6O3. The highest BCUT2D eigenvalue weighted by atomic mass is 19.1. The molecule has 9 nitrogen and oxygen atoms in total. The highest BCUT2D eigenvalue weighted by molar-refractivity contribution is 6.00. The fourth-order valence-electron chi connectivity index (χ4n) is 3.60. The third-order valence-corrected chi connectivity index (χ3v) is 5.26. The number of carbonyl (C=O) groups is 2. The molecule has 0 radical (unpaired) electrons. The first-order chi connectivity index (χ1) is 16.8. The first-order valence-electron chi connectivity index (χ1n) is 11.3. The van der Waals surface area contributed by atoms with Crippen LogP contribution in [0.25, 0.3) is 11.0 Å². The summed E-state index contributed by atoms with van der Waals surface area (Å²) in [6.07, 6.45) is 0.372. The number of carbonyl (C=O) groups excluding carboxylic acids is 2.